The van der Waals surface area contributed by atoms with Crippen LogP contribution >= 0.6 is 11.8 Å². The molecule has 1 aromatic heterocycles. The first-order valence-electron chi connectivity index (χ1n) is 4.94. The molecule has 0 bridgehead atoms. The number of carboxylic acid groups (broad SMARTS) is 1. The van der Waals surface area contributed by atoms with Crippen LogP contribution in [-0.2, 0) is 0 Å². The van der Waals surface area contributed by atoms with Crippen molar-refractivity contribution in [2.24, 2.45) is 0 Å². The summed E-state index contributed by atoms with van der Waals surface area (Å²) in [5.74, 6) is -1.01. The lowest BCUT2D eigenvalue weighted by Crippen LogP contribution is -2.11. The van der Waals surface area contributed by atoms with E-state index in [0.29, 0.717) is 5.69 Å². The quantitative estimate of drug-likeness (QED) is 0.812. The van der Waals surface area contributed by atoms with Gasteiger partial charge in [0.15, 0.2) is 0 Å². The molecule has 8 heteroatoms. The number of nitrogens with zero attached hydrogens (tertiary/aromatic N) is 1. The maximum Gasteiger partial charge on any atom is 0.441 e. The zero-order valence-corrected chi connectivity index (χ0v) is 10.2. The number of hydrogen-bond donors (Lipinski definition) is 2. The minimum atomic E-state index is -4.26. The first-order valence-corrected chi connectivity index (χ1v) is 5.93. The van der Waals surface area contributed by atoms with Gasteiger partial charge < -0.3 is 10.4 Å². The summed E-state index contributed by atoms with van der Waals surface area (Å²) in [6.45, 7) is 1.67. The van der Waals surface area contributed by atoms with Gasteiger partial charge in [-0.1, -0.05) is 0 Å². The van der Waals surface area contributed by atoms with E-state index >= 15 is 0 Å². The summed E-state index contributed by atoms with van der Waals surface area (Å²) in [6, 6.07) is 2.67. The zero-order valence-electron chi connectivity index (χ0n) is 9.41. The molecule has 0 aromatic carbocycles. The van der Waals surface area contributed by atoms with Gasteiger partial charge in [-0.05, 0) is 30.8 Å². The van der Waals surface area contributed by atoms with E-state index in [2.05, 4.69) is 10.3 Å². The van der Waals surface area contributed by atoms with Crippen LogP contribution in [0.2, 0.25) is 0 Å². The Morgan fingerprint density at radius 3 is 2.72 bits per heavy atom. The van der Waals surface area contributed by atoms with Crippen LogP contribution < -0.4 is 5.32 Å². The fourth-order valence-corrected chi connectivity index (χ4v) is 1.66. The first-order chi connectivity index (χ1) is 8.28. The molecule has 1 aromatic rings. The number of carboxylic acids is 1. The topological polar surface area (TPSA) is 62.2 Å². The van der Waals surface area contributed by atoms with Crippen molar-refractivity contribution in [3.8, 4) is 0 Å². The smallest absolute Gasteiger partial charge is 0.441 e. The summed E-state index contributed by atoms with van der Waals surface area (Å²) < 4.78 is 35.6. The molecule has 18 heavy (non-hydrogen) atoms. The summed E-state index contributed by atoms with van der Waals surface area (Å²) in [4.78, 5) is 14.7. The minimum Gasteiger partial charge on any atom is -0.478 e. The average Bonchev–Trinajstić information content (AvgIpc) is 2.22. The summed E-state index contributed by atoms with van der Waals surface area (Å²) in [6.07, 6.45) is 0. The normalized spacial score (nSPS) is 11.3. The van der Waals surface area contributed by atoms with E-state index < -0.39 is 11.5 Å². The van der Waals surface area contributed by atoms with Gasteiger partial charge in [0, 0.05) is 18.0 Å². The lowest BCUT2D eigenvalue weighted by Gasteiger charge is -2.08. The van der Waals surface area contributed by atoms with Crippen LogP contribution in [0.1, 0.15) is 16.1 Å². The van der Waals surface area contributed by atoms with Crippen molar-refractivity contribution in [1.82, 2.24) is 4.98 Å². The Bertz CT molecular complexity index is 438. The Balaban J connectivity index is 2.55. The Morgan fingerprint density at radius 2 is 2.17 bits per heavy atom. The second-order valence-electron chi connectivity index (χ2n) is 3.41. The Labute approximate surface area is 106 Å². The van der Waals surface area contributed by atoms with E-state index in [1.165, 1.54) is 12.1 Å². The molecule has 0 aliphatic rings. The van der Waals surface area contributed by atoms with E-state index in [4.69, 9.17) is 5.11 Å². The predicted octanol–water partition coefficient (Wildman–Crippen LogP) is 2.75. The molecule has 0 saturated heterocycles. The molecule has 0 aliphatic carbocycles. The third kappa shape index (κ3) is 5.26. The molecule has 2 N–H and O–H groups in total. The van der Waals surface area contributed by atoms with E-state index in [1.807, 2.05) is 0 Å². The highest BCUT2D eigenvalue weighted by Gasteiger charge is 2.27. The zero-order chi connectivity index (χ0) is 13.8. The summed E-state index contributed by atoms with van der Waals surface area (Å²) in [5.41, 5.74) is -3.72. The number of anilines is 1. The van der Waals surface area contributed by atoms with Crippen molar-refractivity contribution in [2.75, 3.05) is 17.6 Å². The third-order valence-electron chi connectivity index (χ3n) is 1.87. The monoisotopic (exact) mass is 280 g/mol. The predicted molar refractivity (Wildman–Crippen MR) is 62.9 cm³/mol. The molecule has 1 rings (SSSR count). The van der Waals surface area contributed by atoms with E-state index in [0.717, 1.165) is 0 Å². The van der Waals surface area contributed by atoms with Crippen LogP contribution in [0.5, 0.6) is 0 Å². The van der Waals surface area contributed by atoms with Crippen molar-refractivity contribution in [2.45, 2.75) is 12.4 Å². The summed E-state index contributed by atoms with van der Waals surface area (Å²) >= 11 is -0.139. The number of pyridine rings is 1. The lowest BCUT2D eigenvalue weighted by atomic mass is 10.2. The molecule has 0 unspecified atom stereocenters. The Kier molecular flexibility index (Phi) is 4.83. The fourth-order valence-electron chi connectivity index (χ4n) is 1.23. The van der Waals surface area contributed by atoms with Crippen molar-refractivity contribution in [3.05, 3.63) is 23.4 Å². The average molecular weight is 280 g/mol. The van der Waals surface area contributed by atoms with Gasteiger partial charge in [0.1, 0.15) is 5.82 Å². The number of rotatable bonds is 5. The van der Waals surface area contributed by atoms with Crippen molar-refractivity contribution >= 4 is 23.5 Å². The Hall–Kier alpha value is -1.44. The Morgan fingerprint density at radius 1 is 1.50 bits per heavy atom. The van der Waals surface area contributed by atoms with Gasteiger partial charge in [-0.3, -0.25) is 0 Å². The number of aryl methyl sites for hydroxylation is 1. The maximum atomic E-state index is 11.9. The third-order valence-corrected chi connectivity index (χ3v) is 2.61. The number of carbonyl (C=O) groups is 1. The van der Waals surface area contributed by atoms with E-state index in [-0.39, 0.29) is 35.4 Å². The number of aromatic nitrogens is 1. The summed E-state index contributed by atoms with van der Waals surface area (Å²) in [7, 11) is 0. The van der Waals surface area contributed by atoms with Crippen LogP contribution in [0, 0.1) is 6.92 Å². The van der Waals surface area contributed by atoms with Gasteiger partial charge in [0.2, 0.25) is 0 Å². The van der Waals surface area contributed by atoms with Crippen LogP contribution in [0.25, 0.3) is 0 Å². The van der Waals surface area contributed by atoms with Gasteiger partial charge in [0.05, 0.1) is 5.56 Å². The highest BCUT2D eigenvalue weighted by Crippen LogP contribution is 2.29. The summed E-state index contributed by atoms with van der Waals surface area (Å²) in [5, 5.41) is 11.5. The maximum absolute atomic E-state index is 11.9. The van der Waals surface area contributed by atoms with Crippen LogP contribution in [-0.4, -0.2) is 33.9 Å². The van der Waals surface area contributed by atoms with E-state index in [1.54, 1.807) is 6.92 Å². The number of alkyl halides is 3. The van der Waals surface area contributed by atoms with Gasteiger partial charge in [-0.2, -0.15) is 13.2 Å². The van der Waals surface area contributed by atoms with Crippen molar-refractivity contribution in [1.29, 1.82) is 0 Å². The molecule has 0 amide bonds. The SMILES string of the molecule is Cc1cc(C(=O)O)cc(NCCSC(F)(F)F)n1. The van der Waals surface area contributed by atoms with Gasteiger partial charge in [-0.25, -0.2) is 9.78 Å². The highest BCUT2D eigenvalue weighted by atomic mass is 32.2. The molecule has 4 nitrogen and oxygen atoms in total. The molecule has 0 spiro atoms. The molecular formula is C10H11F3N2O2S. The van der Waals surface area contributed by atoms with Crippen molar-refractivity contribution in [3.63, 3.8) is 0 Å². The number of nitrogens with one attached hydrogen (secondary N) is 1. The van der Waals surface area contributed by atoms with Gasteiger partial charge in [-0.15, -0.1) is 0 Å². The second kappa shape index (κ2) is 5.94. The number of halogens is 3. The number of thioether (sulfide) groups is 1. The highest BCUT2D eigenvalue weighted by molar-refractivity contribution is 8.00. The van der Waals surface area contributed by atoms with E-state index in [9.17, 15) is 18.0 Å². The lowest BCUT2D eigenvalue weighted by molar-refractivity contribution is -0.0327. The second-order valence-corrected chi connectivity index (χ2v) is 4.57. The molecule has 0 aliphatic heterocycles. The molecule has 100 valence electrons. The molecule has 1 heterocycles. The molecule has 0 atom stereocenters. The van der Waals surface area contributed by atoms with Crippen LogP contribution in [0.4, 0.5) is 19.0 Å². The largest absolute Gasteiger partial charge is 0.478 e. The minimum absolute atomic E-state index is 0.0495. The fraction of sp³-hybridized carbons (Fsp3) is 0.400. The first kappa shape index (κ1) is 14.6. The molecule has 0 saturated carbocycles. The van der Waals surface area contributed by atoms with Gasteiger partial charge in [0.25, 0.3) is 0 Å². The standard InChI is InChI=1S/C10H11F3N2O2S/c1-6-4-7(9(16)17)5-8(15-6)14-2-3-18-10(11,12)13/h4-5H,2-3H2,1H3,(H,14,15)(H,16,17). The number of hydrogen-bond acceptors (Lipinski definition) is 4. The van der Waals surface area contributed by atoms with Crippen LogP contribution in [0.15, 0.2) is 12.1 Å². The molecule has 0 radical (unpaired) electrons. The molecular weight excluding hydrogens is 269 g/mol. The van der Waals surface area contributed by atoms with Gasteiger partial charge >= 0.3 is 11.5 Å². The number of aromatic carboxylic acids is 1. The van der Waals surface area contributed by atoms with Crippen molar-refractivity contribution < 1.29 is 23.1 Å². The van der Waals surface area contributed by atoms with Crippen LogP contribution in [0.3, 0.4) is 0 Å². The molecule has 0 fully saturated rings.